The number of rotatable bonds is 4. The van der Waals surface area contributed by atoms with Gasteiger partial charge in [-0.3, -0.25) is 19.3 Å². The zero-order valence-electron chi connectivity index (χ0n) is 18.1. The molecule has 8 nitrogen and oxygen atoms in total. The Morgan fingerprint density at radius 1 is 1.10 bits per heavy atom. The molecule has 1 saturated heterocycles. The van der Waals surface area contributed by atoms with Gasteiger partial charge in [0.2, 0.25) is 27.7 Å². The summed E-state index contributed by atoms with van der Waals surface area (Å²) >= 11 is 0. The number of imide groups is 1. The van der Waals surface area contributed by atoms with Crippen molar-refractivity contribution in [3.05, 3.63) is 23.8 Å². The van der Waals surface area contributed by atoms with Crippen molar-refractivity contribution < 1.29 is 22.8 Å². The van der Waals surface area contributed by atoms with E-state index < -0.39 is 15.4 Å². The van der Waals surface area contributed by atoms with Gasteiger partial charge in [-0.05, 0) is 49.4 Å². The van der Waals surface area contributed by atoms with Crippen molar-refractivity contribution in [2.24, 2.45) is 5.41 Å². The maximum atomic E-state index is 13.1. The highest BCUT2D eigenvalue weighted by Crippen LogP contribution is 2.45. The van der Waals surface area contributed by atoms with Crippen LogP contribution in [0.1, 0.15) is 50.5 Å². The maximum Gasteiger partial charge on any atom is 0.247 e. The van der Waals surface area contributed by atoms with E-state index in [9.17, 15) is 22.8 Å². The smallest absolute Gasteiger partial charge is 0.247 e. The molecule has 31 heavy (non-hydrogen) atoms. The fraction of sp³-hybridized carbons (Fsp3) is 0.591. The number of sulfonamides is 1. The zero-order valence-corrected chi connectivity index (χ0v) is 18.9. The number of amides is 3. The van der Waals surface area contributed by atoms with Crippen LogP contribution in [-0.4, -0.2) is 62.5 Å². The molecule has 4 rings (SSSR count). The third-order valence-electron chi connectivity index (χ3n) is 6.84. The van der Waals surface area contributed by atoms with E-state index in [-0.39, 0.29) is 35.6 Å². The number of aryl methyl sites for hydroxylation is 1. The van der Waals surface area contributed by atoms with E-state index in [2.05, 4.69) is 0 Å². The standard InChI is InChI=1S/C22H29N3O5S/c1-23(2)31(29,30)17-8-9-18-16(13-17)7-6-12-24(18)20(27)15-25-19(26)14-22(21(25)28)10-4-3-5-11-22/h8-9,13H,3-7,10-12,14-15H2,1-2H3. The molecule has 3 amide bonds. The summed E-state index contributed by atoms with van der Waals surface area (Å²) in [6.07, 6.45) is 5.98. The summed E-state index contributed by atoms with van der Waals surface area (Å²) in [5.74, 6) is -0.765. The third-order valence-corrected chi connectivity index (χ3v) is 8.65. The van der Waals surface area contributed by atoms with Gasteiger partial charge in [-0.1, -0.05) is 19.3 Å². The third kappa shape index (κ3) is 3.78. The molecule has 0 N–H and O–H groups in total. The lowest BCUT2D eigenvalue weighted by Gasteiger charge is -2.32. The number of benzene rings is 1. The molecule has 2 fully saturated rings. The summed E-state index contributed by atoms with van der Waals surface area (Å²) in [5, 5.41) is 0. The maximum absolute atomic E-state index is 13.1. The predicted octanol–water partition coefficient (Wildman–Crippen LogP) is 1.93. The Hall–Kier alpha value is -2.26. The second kappa shape index (κ2) is 8.02. The van der Waals surface area contributed by atoms with Gasteiger partial charge in [-0.2, -0.15) is 0 Å². The average molecular weight is 448 g/mol. The molecule has 2 heterocycles. The monoisotopic (exact) mass is 447 g/mol. The van der Waals surface area contributed by atoms with Crippen molar-refractivity contribution in [1.29, 1.82) is 0 Å². The molecule has 1 aliphatic carbocycles. The lowest BCUT2D eigenvalue weighted by Crippen LogP contribution is -2.46. The molecular weight excluding hydrogens is 418 g/mol. The summed E-state index contributed by atoms with van der Waals surface area (Å²) in [6.45, 7) is 0.226. The molecule has 168 valence electrons. The molecule has 0 aromatic heterocycles. The van der Waals surface area contributed by atoms with E-state index in [4.69, 9.17) is 0 Å². The number of anilines is 1. The Balaban J connectivity index is 1.54. The lowest BCUT2D eigenvalue weighted by molar-refractivity contribution is -0.145. The number of fused-ring (bicyclic) bond motifs is 1. The molecule has 9 heteroatoms. The van der Waals surface area contributed by atoms with Gasteiger partial charge in [0.1, 0.15) is 6.54 Å². The fourth-order valence-electron chi connectivity index (χ4n) is 5.06. The van der Waals surface area contributed by atoms with Gasteiger partial charge in [0.15, 0.2) is 0 Å². The highest BCUT2D eigenvalue weighted by molar-refractivity contribution is 7.89. The van der Waals surface area contributed by atoms with Crippen LogP contribution in [0.4, 0.5) is 5.69 Å². The SMILES string of the molecule is CN(C)S(=O)(=O)c1ccc2c(c1)CCCN2C(=O)CN1C(=O)CC2(CCCCC2)C1=O. The van der Waals surface area contributed by atoms with Crippen molar-refractivity contribution in [3.63, 3.8) is 0 Å². The van der Waals surface area contributed by atoms with E-state index in [1.807, 2.05) is 0 Å². The zero-order chi connectivity index (χ0) is 22.4. The Morgan fingerprint density at radius 2 is 1.81 bits per heavy atom. The van der Waals surface area contributed by atoms with Crippen LogP contribution in [-0.2, 0) is 30.8 Å². The first kappa shape index (κ1) is 22.0. The molecule has 1 aromatic rings. The number of hydrogen-bond donors (Lipinski definition) is 0. The number of likely N-dealkylation sites (tertiary alicyclic amines) is 1. The Bertz CT molecular complexity index is 1030. The van der Waals surface area contributed by atoms with Crippen LogP contribution in [0, 0.1) is 5.41 Å². The number of carbonyl (C=O) groups excluding carboxylic acids is 3. The Kier molecular flexibility index (Phi) is 5.68. The largest absolute Gasteiger partial charge is 0.311 e. The van der Waals surface area contributed by atoms with E-state index in [0.29, 0.717) is 25.1 Å². The first-order chi connectivity index (χ1) is 14.7. The van der Waals surface area contributed by atoms with E-state index in [1.54, 1.807) is 17.0 Å². The van der Waals surface area contributed by atoms with E-state index >= 15 is 0 Å². The van der Waals surface area contributed by atoms with Crippen LogP contribution < -0.4 is 4.90 Å². The molecule has 2 aliphatic heterocycles. The van der Waals surface area contributed by atoms with Gasteiger partial charge >= 0.3 is 0 Å². The van der Waals surface area contributed by atoms with Crippen molar-refractivity contribution in [1.82, 2.24) is 9.21 Å². The molecule has 0 unspecified atom stereocenters. The van der Waals surface area contributed by atoms with Crippen molar-refractivity contribution >= 4 is 33.4 Å². The minimum Gasteiger partial charge on any atom is -0.311 e. The molecular formula is C22H29N3O5S. The second-order valence-corrected chi connectivity index (χ2v) is 11.2. The van der Waals surface area contributed by atoms with Crippen LogP contribution in [0.2, 0.25) is 0 Å². The van der Waals surface area contributed by atoms with Crippen LogP contribution >= 0.6 is 0 Å². The Morgan fingerprint density at radius 3 is 2.48 bits per heavy atom. The van der Waals surface area contributed by atoms with Crippen molar-refractivity contribution in [3.8, 4) is 0 Å². The van der Waals surface area contributed by atoms with E-state index in [0.717, 1.165) is 46.9 Å². The van der Waals surface area contributed by atoms with Crippen molar-refractivity contribution in [2.75, 3.05) is 32.1 Å². The van der Waals surface area contributed by atoms with Gasteiger partial charge in [0, 0.05) is 32.7 Å². The second-order valence-electron chi connectivity index (χ2n) is 9.03. The normalized spacial score (nSPS) is 21.1. The minimum atomic E-state index is -3.56. The van der Waals surface area contributed by atoms with Crippen LogP contribution in [0.25, 0.3) is 0 Å². The number of hydrogen-bond acceptors (Lipinski definition) is 5. The summed E-state index contributed by atoms with van der Waals surface area (Å²) in [7, 11) is -0.605. The highest BCUT2D eigenvalue weighted by Gasteiger charge is 2.52. The van der Waals surface area contributed by atoms with Gasteiger partial charge in [-0.15, -0.1) is 0 Å². The number of nitrogens with zero attached hydrogens (tertiary/aromatic N) is 3. The van der Waals surface area contributed by atoms with Crippen molar-refractivity contribution in [2.45, 2.75) is 56.3 Å². The number of carbonyl (C=O) groups is 3. The first-order valence-electron chi connectivity index (χ1n) is 10.9. The predicted molar refractivity (Wildman–Crippen MR) is 115 cm³/mol. The molecule has 0 atom stereocenters. The topological polar surface area (TPSA) is 95.1 Å². The summed E-state index contributed by atoms with van der Waals surface area (Å²) in [6, 6.07) is 4.77. The van der Waals surface area contributed by atoms with Gasteiger partial charge in [-0.25, -0.2) is 12.7 Å². The quantitative estimate of drug-likeness (QED) is 0.658. The molecule has 3 aliphatic rings. The summed E-state index contributed by atoms with van der Waals surface area (Å²) in [4.78, 5) is 41.7. The molecule has 1 aromatic carbocycles. The van der Waals surface area contributed by atoms with Crippen LogP contribution in [0.3, 0.4) is 0 Å². The fourth-order valence-corrected chi connectivity index (χ4v) is 6.02. The first-order valence-corrected chi connectivity index (χ1v) is 12.3. The highest BCUT2D eigenvalue weighted by atomic mass is 32.2. The van der Waals surface area contributed by atoms with Crippen LogP contribution in [0.5, 0.6) is 0 Å². The molecule has 1 saturated carbocycles. The summed E-state index contributed by atoms with van der Waals surface area (Å²) in [5.41, 5.74) is 0.830. The van der Waals surface area contributed by atoms with Gasteiger partial charge < -0.3 is 4.90 Å². The molecule has 0 radical (unpaired) electrons. The molecule has 1 spiro atoms. The molecule has 0 bridgehead atoms. The lowest BCUT2D eigenvalue weighted by atomic mass is 9.73. The van der Waals surface area contributed by atoms with Gasteiger partial charge in [0.05, 0.1) is 10.3 Å². The van der Waals surface area contributed by atoms with E-state index in [1.165, 1.54) is 20.2 Å². The summed E-state index contributed by atoms with van der Waals surface area (Å²) < 4.78 is 26.1. The Labute approximate surface area is 183 Å². The minimum absolute atomic E-state index is 0.190. The van der Waals surface area contributed by atoms with Gasteiger partial charge in [0.25, 0.3) is 0 Å². The van der Waals surface area contributed by atoms with Crippen LogP contribution in [0.15, 0.2) is 23.1 Å². The average Bonchev–Trinajstić information content (AvgIpc) is 2.97.